The molecule has 0 saturated heterocycles. The molecule has 2 aromatic rings. The van der Waals surface area contributed by atoms with E-state index < -0.39 is 5.60 Å². The first-order valence-electron chi connectivity index (χ1n) is 6.97. The summed E-state index contributed by atoms with van der Waals surface area (Å²) in [6.45, 7) is 6.57. The number of nitrogens with zero attached hydrogens (tertiary/aromatic N) is 1. The third-order valence-corrected chi connectivity index (χ3v) is 3.36. The molecule has 0 radical (unpaired) electrons. The molecule has 4 nitrogen and oxygen atoms in total. The second-order valence-corrected chi connectivity index (χ2v) is 6.07. The van der Waals surface area contributed by atoms with Crippen LogP contribution in [-0.2, 0) is 0 Å². The Bertz CT molecular complexity index is 593. The molecule has 0 aliphatic rings. The van der Waals surface area contributed by atoms with E-state index in [0.29, 0.717) is 12.5 Å². The topological polar surface area (TPSA) is 71.2 Å². The van der Waals surface area contributed by atoms with Gasteiger partial charge in [-0.05, 0) is 37.5 Å². The van der Waals surface area contributed by atoms with Gasteiger partial charge in [0.15, 0.2) is 0 Å². The van der Waals surface area contributed by atoms with Gasteiger partial charge in [-0.2, -0.15) is 0 Å². The highest BCUT2D eigenvalue weighted by molar-refractivity contribution is 6.00. The Morgan fingerprint density at radius 1 is 1.30 bits per heavy atom. The van der Waals surface area contributed by atoms with Crippen molar-refractivity contribution in [2.75, 3.05) is 17.6 Å². The fourth-order valence-electron chi connectivity index (χ4n) is 2.60. The van der Waals surface area contributed by atoms with Crippen molar-refractivity contribution in [1.29, 1.82) is 0 Å². The fourth-order valence-corrected chi connectivity index (χ4v) is 2.60. The maximum absolute atomic E-state index is 10.4. The van der Waals surface area contributed by atoms with E-state index in [2.05, 4.69) is 24.1 Å². The Kier molecular flexibility index (Phi) is 4.14. The zero-order chi connectivity index (χ0) is 14.8. The summed E-state index contributed by atoms with van der Waals surface area (Å²) in [7, 11) is 0. The number of benzene rings is 1. The molecular weight excluding hydrogens is 250 g/mol. The van der Waals surface area contributed by atoms with E-state index in [1.54, 1.807) is 12.4 Å². The minimum absolute atomic E-state index is 0.455. The third kappa shape index (κ3) is 3.39. The number of fused-ring (bicyclic) bond motifs is 1. The summed E-state index contributed by atoms with van der Waals surface area (Å²) in [5, 5.41) is 15.6. The van der Waals surface area contributed by atoms with E-state index in [9.17, 15) is 5.11 Å². The molecule has 1 aromatic heterocycles. The summed E-state index contributed by atoms with van der Waals surface area (Å²) in [5.74, 6) is 0.455. The summed E-state index contributed by atoms with van der Waals surface area (Å²) in [6.07, 6.45) is 4.29. The first kappa shape index (κ1) is 14.6. The lowest BCUT2D eigenvalue weighted by molar-refractivity contribution is 0.0516. The zero-order valence-corrected chi connectivity index (χ0v) is 12.4. The van der Waals surface area contributed by atoms with Crippen molar-refractivity contribution in [3.8, 4) is 0 Å². The Balaban J connectivity index is 2.21. The van der Waals surface area contributed by atoms with Crippen LogP contribution in [-0.4, -0.2) is 22.2 Å². The molecule has 4 heteroatoms. The number of hydrogen-bond acceptors (Lipinski definition) is 4. The Morgan fingerprint density at radius 3 is 2.75 bits per heavy atom. The Labute approximate surface area is 120 Å². The van der Waals surface area contributed by atoms with E-state index in [-0.39, 0.29) is 0 Å². The number of hydrogen-bond donors (Lipinski definition) is 3. The van der Waals surface area contributed by atoms with Crippen LogP contribution in [0, 0.1) is 5.92 Å². The monoisotopic (exact) mass is 273 g/mol. The van der Waals surface area contributed by atoms with Crippen molar-refractivity contribution < 1.29 is 5.11 Å². The van der Waals surface area contributed by atoms with E-state index in [1.807, 2.05) is 25.1 Å². The number of aliphatic hydroxyl groups is 1. The average molecular weight is 273 g/mol. The second-order valence-electron chi connectivity index (χ2n) is 6.07. The van der Waals surface area contributed by atoms with Crippen LogP contribution in [0.2, 0.25) is 0 Å². The van der Waals surface area contributed by atoms with Crippen LogP contribution >= 0.6 is 0 Å². The molecule has 1 aromatic carbocycles. The number of anilines is 2. The van der Waals surface area contributed by atoms with Crippen molar-refractivity contribution in [3.63, 3.8) is 0 Å². The van der Waals surface area contributed by atoms with Gasteiger partial charge in [0.25, 0.3) is 0 Å². The van der Waals surface area contributed by atoms with Gasteiger partial charge in [0, 0.05) is 41.1 Å². The molecule has 0 fully saturated rings. The van der Waals surface area contributed by atoms with Gasteiger partial charge in [0.05, 0.1) is 5.60 Å². The molecule has 0 spiro atoms. The summed E-state index contributed by atoms with van der Waals surface area (Å²) in [5.41, 5.74) is 6.92. The maximum atomic E-state index is 10.4. The Hall–Kier alpha value is -1.81. The molecule has 108 valence electrons. The van der Waals surface area contributed by atoms with E-state index >= 15 is 0 Å². The first-order chi connectivity index (χ1) is 9.39. The largest absolute Gasteiger partial charge is 0.398 e. The van der Waals surface area contributed by atoms with Crippen LogP contribution in [0.3, 0.4) is 0 Å². The van der Waals surface area contributed by atoms with Gasteiger partial charge in [-0.3, -0.25) is 4.98 Å². The van der Waals surface area contributed by atoms with Crippen molar-refractivity contribution >= 4 is 22.1 Å². The highest BCUT2D eigenvalue weighted by atomic mass is 16.3. The van der Waals surface area contributed by atoms with E-state index in [0.717, 1.165) is 28.6 Å². The molecule has 4 N–H and O–H groups in total. The van der Waals surface area contributed by atoms with Crippen molar-refractivity contribution in [2.45, 2.75) is 32.8 Å². The summed E-state index contributed by atoms with van der Waals surface area (Å²) < 4.78 is 0. The highest BCUT2D eigenvalue weighted by Gasteiger charge is 2.21. The number of aromatic nitrogens is 1. The minimum Gasteiger partial charge on any atom is -0.398 e. The quantitative estimate of drug-likeness (QED) is 0.732. The molecule has 20 heavy (non-hydrogen) atoms. The smallest absolute Gasteiger partial charge is 0.0793 e. The minimum atomic E-state index is -0.732. The lowest BCUT2D eigenvalue weighted by atomic mass is 9.94. The van der Waals surface area contributed by atoms with Crippen LogP contribution < -0.4 is 11.1 Å². The van der Waals surface area contributed by atoms with Crippen molar-refractivity contribution in [2.24, 2.45) is 5.92 Å². The number of pyridine rings is 1. The summed E-state index contributed by atoms with van der Waals surface area (Å²) >= 11 is 0. The van der Waals surface area contributed by atoms with Crippen molar-refractivity contribution in [3.05, 3.63) is 30.6 Å². The molecule has 0 saturated carbocycles. The predicted molar refractivity (Wildman–Crippen MR) is 84.7 cm³/mol. The van der Waals surface area contributed by atoms with Gasteiger partial charge in [0.1, 0.15) is 0 Å². The standard InChI is InChI=1S/C16H23N3O/c1-11(2)8-16(3,20)10-19-15-5-4-14(17)12-6-7-18-9-13(12)15/h4-7,9,11,19-20H,8,10,17H2,1-3H3. The normalized spacial score (nSPS) is 14.4. The van der Waals surface area contributed by atoms with Crippen molar-refractivity contribution in [1.82, 2.24) is 4.98 Å². The molecule has 0 aliphatic heterocycles. The van der Waals surface area contributed by atoms with Gasteiger partial charge in [-0.25, -0.2) is 0 Å². The van der Waals surface area contributed by atoms with Gasteiger partial charge in [-0.1, -0.05) is 13.8 Å². The number of nitrogens with one attached hydrogen (secondary N) is 1. The summed E-state index contributed by atoms with van der Waals surface area (Å²) in [4.78, 5) is 4.15. The lowest BCUT2D eigenvalue weighted by Crippen LogP contribution is -2.34. The van der Waals surface area contributed by atoms with Crippen LogP contribution in [0.25, 0.3) is 10.8 Å². The molecule has 0 aliphatic carbocycles. The molecule has 1 unspecified atom stereocenters. The first-order valence-corrected chi connectivity index (χ1v) is 6.97. The number of nitrogens with two attached hydrogens (primary N) is 1. The average Bonchev–Trinajstić information content (AvgIpc) is 2.37. The Morgan fingerprint density at radius 2 is 2.05 bits per heavy atom. The van der Waals surface area contributed by atoms with Crippen LogP contribution in [0.4, 0.5) is 11.4 Å². The highest BCUT2D eigenvalue weighted by Crippen LogP contribution is 2.28. The maximum Gasteiger partial charge on any atom is 0.0793 e. The van der Waals surface area contributed by atoms with Crippen LogP contribution in [0.15, 0.2) is 30.6 Å². The van der Waals surface area contributed by atoms with Gasteiger partial charge in [-0.15, -0.1) is 0 Å². The lowest BCUT2D eigenvalue weighted by Gasteiger charge is -2.26. The SMILES string of the molecule is CC(C)CC(C)(O)CNc1ccc(N)c2ccncc12. The van der Waals surface area contributed by atoms with E-state index in [4.69, 9.17) is 5.73 Å². The third-order valence-electron chi connectivity index (χ3n) is 3.36. The second kappa shape index (κ2) is 5.67. The van der Waals surface area contributed by atoms with E-state index in [1.165, 1.54) is 0 Å². The number of rotatable bonds is 5. The molecule has 1 atom stereocenters. The zero-order valence-electron chi connectivity index (χ0n) is 12.4. The summed E-state index contributed by atoms with van der Waals surface area (Å²) in [6, 6.07) is 5.72. The molecule has 2 rings (SSSR count). The van der Waals surface area contributed by atoms with Crippen LogP contribution in [0.1, 0.15) is 27.2 Å². The predicted octanol–water partition coefficient (Wildman–Crippen LogP) is 3.03. The number of nitrogen functional groups attached to an aromatic ring is 1. The van der Waals surface area contributed by atoms with Gasteiger partial charge < -0.3 is 16.2 Å². The van der Waals surface area contributed by atoms with Gasteiger partial charge >= 0.3 is 0 Å². The van der Waals surface area contributed by atoms with Crippen LogP contribution in [0.5, 0.6) is 0 Å². The molecule has 1 heterocycles. The molecule has 0 amide bonds. The molecular formula is C16H23N3O. The fraction of sp³-hybridized carbons (Fsp3) is 0.438. The van der Waals surface area contributed by atoms with Gasteiger partial charge in [0.2, 0.25) is 0 Å². The molecule has 0 bridgehead atoms.